The maximum absolute atomic E-state index is 11.5. The van der Waals surface area contributed by atoms with Gasteiger partial charge in [-0.15, -0.1) is 0 Å². The topological polar surface area (TPSA) is 94.1 Å². The molecule has 0 spiro atoms. The van der Waals surface area contributed by atoms with E-state index >= 15 is 0 Å². The predicted molar refractivity (Wildman–Crippen MR) is 118 cm³/mol. The van der Waals surface area contributed by atoms with Crippen LogP contribution in [0.3, 0.4) is 0 Å². The minimum atomic E-state index is -2.39. The van der Waals surface area contributed by atoms with Crippen LogP contribution in [0.1, 0.15) is 22.3 Å². The summed E-state index contributed by atoms with van der Waals surface area (Å²) in [7, 11) is 1.93. The van der Waals surface area contributed by atoms with Crippen LogP contribution in [0.15, 0.2) is 53.7 Å². The summed E-state index contributed by atoms with van der Waals surface area (Å²) >= 11 is 5.05. The summed E-state index contributed by atoms with van der Waals surface area (Å²) in [5, 5.41) is 7.46. The molecule has 0 radical (unpaired) electrons. The van der Waals surface area contributed by atoms with E-state index in [1.165, 1.54) is 19.8 Å². The van der Waals surface area contributed by atoms with Gasteiger partial charge in [0.1, 0.15) is 12.1 Å². The molecule has 0 unspecified atom stereocenters. The van der Waals surface area contributed by atoms with Gasteiger partial charge in [0.25, 0.3) is 0 Å². The second kappa shape index (κ2) is 12.4. The molecule has 9 heteroatoms. The molecule has 0 aliphatic heterocycles. The third kappa shape index (κ3) is 7.84. The lowest BCUT2D eigenvalue weighted by Gasteiger charge is -2.06. The maximum atomic E-state index is 11.5. The number of carbonyl (C=O) groups is 1. The highest BCUT2D eigenvalue weighted by molar-refractivity contribution is 7.80. The van der Waals surface area contributed by atoms with Crippen molar-refractivity contribution in [2.45, 2.75) is 6.92 Å². The van der Waals surface area contributed by atoms with Gasteiger partial charge < -0.3 is 14.9 Å². The van der Waals surface area contributed by atoms with E-state index in [0.717, 1.165) is 15.9 Å². The molecule has 0 heterocycles. The number of benzene rings is 2. The number of hydrogen-bond acceptors (Lipinski definition) is 7. The second-order valence-electron chi connectivity index (χ2n) is 5.52. The van der Waals surface area contributed by atoms with Gasteiger partial charge in [-0.3, -0.25) is 0 Å². The van der Waals surface area contributed by atoms with Crippen molar-refractivity contribution in [3.63, 3.8) is 0 Å². The van der Waals surface area contributed by atoms with E-state index in [9.17, 15) is 13.2 Å². The van der Waals surface area contributed by atoms with E-state index in [1.807, 2.05) is 19.2 Å². The van der Waals surface area contributed by atoms with Crippen LogP contribution in [0.2, 0.25) is 0 Å². The summed E-state index contributed by atoms with van der Waals surface area (Å²) < 4.78 is 26.0. The van der Waals surface area contributed by atoms with Gasteiger partial charge in [0.2, 0.25) is 10.3 Å². The van der Waals surface area contributed by atoms with Crippen LogP contribution in [0.4, 0.5) is 0 Å². The first-order chi connectivity index (χ1) is 13.8. The molecule has 0 saturated carbocycles. The molecule has 0 amide bonds. The van der Waals surface area contributed by atoms with Crippen molar-refractivity contribution in [3.05, 3.63) is 70.8 Å². The van der Waals surface area contributed by atoms with Gasteiger partial charge in [-0.05, 0) is 12.5 Å². The molecule has 0 saturated heterocycles. The zero-order valence-corrected chi connectivity index (χ0v) is 18.1. The number of aryl methyl sites for hydroxylation is 1. The van der Waals surface area contributed by atoms with Crippen LogP contribution in [-0.2, 0) is 24.7 Å². The fourth-order valence-electron chi connectivity index (χ4n) is 2.15. The molecular formula is C20H22N2O5S2. The van der Waals surface area contributed by atoms with E-state index < -0.39 is 16.3 Å². The third-order valence-corrected chi connectivity index (χ3v) is 4.43. The largest absolute Gasteiger partial charge is 0.464 e. The number of esters is 1. The number of thiocarbonyl (C=S) groups is 1. The van der Waals surface area contributed by atoms with E-state index in [4.69, 9.17) is 12.2 Å². The van der Waals surface area contributed by atoms with Gasteiger partial charge >= 0.3 is 5.97 Å². The van der Waals surface area contributed by atoms with Gasteiger partial charge in [-0.1, -0.05) is 71.5 Å². The quantitative estimate of drug-likeness (QED) is 0.333. The molecule has 0 fully saturated rings. The average molecular weight is 435 g/mol. The Morgan fingerprint density at radius 3 is 2.24 bits per heavy atom. The maximum Gasteiger partial charge on any atom is 0.360 e. The Hall–Kier alpha value is -3.04. The number of methoxy groups -OCH3 is 1. The lowest BCUT2D eigenvalue weighted by Crippen LogP contribution is -2.19. The van der Waals surface area contributed by atoms with Crippen molar-refractivity contribution in [2.24, 2.45) is 5.16 Å². The van der Waals surface area contributed by atoms with Crippen LogP contribution < -0.4 is 5.32 Å². The van der Waals surface area contributed by atoms with Gasteiger partial charge in [-0.2, -0.15) is 8.42 Å². The second-order valence-corrected chi connectivity index (χ2v) is 6.69. The number of rotatable bonds is 5. The summed E-state index contributed by atoms with van der Waals surface area (Å²) in [5.74, 6) is -0.714. The van der Waals surface area contributed by atoms with Crippen molar-refractivity contribution in [1.82, 2.24) is 5.32 Å². The summed E-state index contributed by atoms with van der Waals surface area (Å²) in [6.07, 6.45) is 0. The minimum Gasteiger partial charge on any atom is -0.464 e. The highest BCUT2D eigenvalue weighted by Gasteiger charge is 2.18. The third-order valence-electron chi connectivity index (χ3n) is 3.54. The predicted octanol–water partition coefficient (Wildman–Crippen LogP) is 2.13. The standard InChI is InChI=1S/C11H11NO5S.C9H11NS/c1-16-11(13)10(12-17-2)9-6-4-3-5-8(9)7-18(14)15;1-7-3-5-8(6-4-7)9(11)10-2/h3-7H,1-2H3;3-6H,1-2H3,(H,10,11). The average Bonchev–Trinajstić information content (AvgIpc) is 2.72. The van der Waals surface area contributed by atoms with Crippen LogP contribution >= 0.6 is 12.2 Å². The van der Waals surface area contributed by atoms with E-state index in [2.05, 4.69) is 39.1 Å². The molecule has 0 aliphatic rings. The number of nitrogens with zero attached hydrogens (tertiary/aromatic N) is 1. The number of nitrogens with one attached hydrogen (secondary N) is 1. The Bertz CT molecular complexity index is 1010. The normalized spacial score (nSPS) is 10.1. The first kappa shape index (κ1) is 24.0. The van der Waals surface area contributed by atoms with Crippen LogP contribution in [0.5, 0.6) is 0 Å². The Morgan fingerprint density at radius 2 is 1.72 bits per heavy atom. The monoisotopic (exact) mass is 434 g/mol. The van der Waals surface area contributed by atoms with Crippen LogP contribution in [-0.4, -0.2) is 51.7 Å². The highest BCUT2D eigenvalue weighted by Crippen LogP contribution is 2.09. The molecule has 2 aromatic rings. The summed E-state index contributed by atoms with van der Waals surface area (Å²) in [6, 6.07) is 14.5. The Balaban J connectivity index is 0.000000326. The number of oxime groups is 1. The summed E-state index contributed by atoms with van der Waals surface area (Å²) in [5.41, 5.74) is 2.88. The van der Waals surface area contributed by atoms with Crippen molar-refractivity contribution < 1.29 is 22.8 Å². The van der Waals surface area contributed by atoms with Crippen LogP contribution in [0.25, 0.3) is 0 Å². The van der Waals surface area contributed by atoms with Crippen molar-refractivity contribution in [1.29, 1.82) is 0 Å². The lowest BCUT2D eigenvalue weighted by atomic mass is 10.0. The van der Waals surface area contributed by atoms with Crippen molar-refractivity contribution in [3.8, 4) is 0 Å². The fraction of sp³-hybridized carbons (Fsp3) is 0.200. The van der Waals surface area contributed by atoms with Gasteiger partial charge in [0.15, 0.2) is 5.71 Å². The molecule has 0 bridgehead atoms. The molecule has 2 aromatic carbocycles. The highest BCUT2D eigenvalue weighted by atomic mass is 32.2. The molecular weight excluding hydrogens is 412 g/mol. The summed E-state index contributed by atoms with van der Waals surface area (Å²) in [6.45, 7) is 2.06. The number of carbonyl (C=O) groups excluding carboxylic acids is 1. The molecule has 0 atom stereocenters. The van der Waals surface area contributed by atoms with E-state index in [1.54, 1.807) is 24.3 Å². The first-order valence-corrected chi connectivity index (χ1v) is 9.89. The van der Waals surface area contributed by atoms with Crippen molar-refractivity contribution in [2.75, 3.05) is 21.3 Å². The Labute approximate surface area is 176 Å². The lowest BCUT2D eigenvalue weighted by molar-refractivity contribution is -0.132. The molecule has 0 aliphatic carbocycles. The molecule has 7 nitrogen and oxygen atoms in total. The first-order valence-electron chi connectivity index (χ1n) is 8.34. The summed E-state index contributed by atoms with van der Waals surface area (Å²) in [4.78, 5) is 16.9. The zero-order valence-electron chi connectivity index (χ0n) is 16.5. The minimum absolute atomic E-state index is 0.0997. The number of hydrogen-bond donors (Lipinski definition) is 1. The molecule has 1 N–H and O–H groups in total. The molecule has 0 aromatic heterocycles. The molecule has 2 rings (SSSR count). The van der Waals surface area contributed by atoms with Gasteiger partial charge in [0.05, 0.1) is 12.5 Å². The van der Waals surface area contributed by atoms with Crippen LogP contribution in [0, 0.1) is 6.92 Å². The Kier molecular flexibility index (Phi) is 10.3. The smallest absolute Gasteiger partial charge is 0.360 e. The van der Waals surface area contributed by atoms with Gasteiger partial charge in [0, 0.05) is 18.2 Å². The fourth-order valence-corrected chi connectivity index (χ4v) is 2.70. The zero-order chi connectivity index (χ0) is 21.8. The Morgan fingerprint density at radius 1 is 1.10 bits per heavy atom. The van der Waals surface area contributed by atoms with E-state index in [0.29, 0.717) is 11.1 Å². The SMILES string of the molecule is CNC(=S)c1ccc(C)cc1.CON=C(C(=O)OC)c1ccccc1C=S(=O)=O. The molecule has 154 valence electrons. The number of ether oxygens (including phenoxy) is 1. The van der Waals surface area contributed by atoms with E-state index in [-0.39, 0.29) is 5.71 Å². The molecule has 29 heavy (non-hydrogen) atoms. The van der Waals surface area contributed by atoms with Crippen molar-refractivity contribution >= 4 is 44.5 Å². The van der Waals surface area contributed by atoms with Gasteiger partial charge in [-0.25, -0.2) is 4.79 Å².